The van der Waals surface area contributed by atoms with Crippen LogP contribution in [0.4, 0.5) is 0 Å². The minimum atomic E-state index is -0.919. The molecule has 1 unspecified atom stereocenters. The van der Waals surface area contributed by atoms with Crippen molar-refractivity contribution in [3.05, 3.63) is 41.5 Å². The van der Waals surface area contributed by atoms with Crippen LogP contribution in [-0.2, 0) is 16.1 Å². The van der Waals surface area contributed by atoms with Gasteiger partial charge in [0.05, 0.1) is 7.11 Å². The van der Waals surface area contributed by atoms with Crippen molar-refractivity contribution in [1.82, 2.24) is 10.2 Å². The molecule has 29 heavy (non-hydrogen) atoms. The van der Waals surface area contributed by atoms with E-state index in [1.54, 1.807) is 24.1 Å². The Morgan fingerprint density at radius 3 is 2.59 bits per heavy atom. The van der Waals surface area contributed by atoms with Crippen LogP contribution in [0.15, 0.2) is 30.4 Å². The third-order valence-corrected chi connectivity index (χ3v) is 4.80. The summed E-state index contributed by atoms with van der Waals surface area (Å²) in [6, 6.07) is 4.63. The van der Waals surface area contributed by atoms with Crippen molar-refractivity contribution >= 4 is 11.9 Å². The lowest BCUT2D eigenvalue weighted by Gasteiger charge is -2.25. The first-order chi connectivity index (χ1) is 13.8. The molecular weight excluding hydrogens is 368 g/mol. The molecule has 1 aromatic carbocycles. The number of amides is 1. The van der Waals surface area contributed by atoms with Crippen LogP contribution in [0.5, 0.6) is 5.75 Å². The smallest absolute Gasteiger partial charge is 0.325 e. The Hall–Kier alpha value is -2.34. The average Bonchev–Trinajstić information content (AvgIpc) is 2.69. The fourth-order valence-corrected chi connectivity index (χ4v) is 3.04. The third kappa shape index (κ3) is 8.69. The van der Waals surface area contributed by atoms with Gasteiger partial charge in [-0.05, 0) is 50.4 Å². The predicted molar refractivity (Wildman–Crippen MR) is 116 cm³/mol. The topological polar surface area (TPSA) is 78.9 Å². The molecule has 0 aliphatic heterocycles. The Morgan fingerprint density at radius 2 is 2.00 bits per heavy atom. The first kappa shape index (κ1) is 24.7. The summed E-state index contributed by atoms with van der Waals surface area (Å²) >= 11 is 0. The average molecular weight is 405 g/mol. The zero-order chi connectivity index (χ0) is 21.8. The van der Waals surface area contributed by atoms with Gasteiger partial charge in [0.15, 0.2) is 0 Å². The van der Waals surface area contributed by atoms with Gasteiger partial charge in [-0.2, -0.15) is 0 Å². The number of likely N-dealkylation sites (N-methyl/N-ethyl adjacent to an activating group) is 1. The quantitative estimate of drug-likeness (QED) is 0.381. The van der Waals surface area contributed by atoms with Crippen LogP contribution in [0.1, 0.15) is 63.6 Å². The summed E-state index contributed by atoms with van der Waals surface area (Å²) in [5.74, 6) is 0.183. The number of hydrogen-bond acceptors (Lipinski definition) is 4. The Balaban J connectivity index is 2.61. The number of nitrogens with one attached hydrogen (secondary N) is 1. The first-order valence-corrected chi connectivity index (χ1v) is 10.3. The molecule has 0 bridgehead atoms. The largest absolute Gasteiger partial charge is 0.496 e. The van der Waals surface area contributed by atoms with Crippen molar-refractivity contribution in [2.45, 2.75) is 59.0 Å². The summed E-state index contributed by atoms with van der Waals surface area (Å²) in [6.07, 6.45) is 7.73. The summed E-state index contributed by atoms with van der Waals surface area (Å²) in [4.78, 5) is 25.5. The number of carbonyl (C=O) groups excluding carboxylic acids is 1. The van der Waals surface area contributed by atoms with Crippen LogP contribution < -0.4 is 10.1 Å². The number of unbranched alkanes of at least 4 members (excludes halogenated alkanes) is 2. The van der Waals surface area contributed by atoms with Gasteiger partial charge in [0.1, 0.15) is 11.8 Å². The van der Waals surface area contributed by atoms with E-state index in [-0.39, 0.29) is 5.91 Å². The first-order valence-electron chi connectivity index (χ1n) is 10.3. The van der Waals surface area contributed by atoms with Gasteiger partial charge in [-0.3, -0.25) is 14.5 Å². The maximum Gasteiger partial charge on any atom is 0.325 e. The van der Waals surface area contributed by atoms with E-state index < -0.39 is 12.0 Å². The van der Waals surface area contributed by atoms with Crippen LogP contribution in [0, 0.1) is 5.92 Å². The normalized spacial score (nSPS) is 12.5. The van der Waals surface area contributed by atoms with Crippen LogP contribution >= 0.6 is 0 Å². The van der Waals surface area contributed by atoms with E-state index in [1.807, 2.05) is 13.0 Å². The van der Waals surface area contributed by atoms with E-state index >= 15 is 0 Å². The van der Waals surface area contributed by atoms with E-state index in [9.17, 15) is 14.7 Å². The van der Waals surface area contributed by atoms with Crippen molar-refractivity contribution in [1.29, 1.82) is 0 Å². The van der Waals surface area contributed by atoms with Gasteiger partial charge in [-0.25, -0.2) is 0 Å². The second kappa shape index (κ2) is 13.0. The number of carbonyl (C=O) groups is 2. The molecule has 0 aliphatic carbocycles. The molecule has 0 radical (unpaired) electrons. The van der Waals surface area contributed by atoms with Crippen LogP contribution in [0.25, 0.3) is 0 Å². The summed E-state index contributed by atoms with van der Waals surface area (Å²) in [5.41, 5.74) is 1.48. The van der Waals surface area contributed by atoms with E-state index in [0.717, 1.165) is 24.8 Å². The minimum absolute atomic E-state index is 0.0232. The number of carboxylic acids is 1. The number of nitrogens with zero attached hydrogens (tertiary/aromatic N) is 1. The lowest BCUT2D eigenvalue weighted by molar-refractivity contribution is -0.143. The molecule has 0 saturated carbocycles. The SMILES string of the molecule is CCN(C)C(C(=O)O)c1ccc(CNC(=O)CCCCC=CC(C)C)cc1OC. The molecule has 1 rings (SSSR count). The molecular formula is C23H36N2O4. The van der Waals surface area contributed by atoms with Gasteiger partial charge in [-0.1, -0.05) is 45.1 Å². The molecule has 1 aromatic rings. The number of methoxy groups -OCH3 is 1. The Bertz CT molecular complexity index is 685. The van der Waals surface area contributed by atoms with Gasteiger partial charge in [0, 0.05) is 18.5 Å². The van der Waals surface area contributed by atoms with Crippen LogP contribution in [0.3, 0.4) is 0 Å². The van der Waals surface area contributed by atoms with Crippen molar-refractivity contribution in [2.75, 3.05) is 20.7 Å². The molecule has 6 nitrogen and oxygen atoms in total. The zero-order valence-corrected chi connectivity index (χ0v) is 18.4. The second-order valence-corrected chi connectivity index (χ2v) is 7.58. The summed E-state index contributed by atoms with van der Waals surface area (Å²) in [5, 5.41) is 12.5. The highest BCUT2D eigenvalue weighted by atomic mass is 16.5. The van der Waals surface area contributed by atoms with E-state index in [0.29, 0.717) is 36.7 Å². The Kier molecular flexibility index (Phi) is 11.1. The molecule has 6 heteroatoms. The van der Waals surface area contributed by atoms with Gasteiger partial charge in [-0.15, -0.1) is 0 Å². The molecule has 0 heterocycles. The second-order valence-electron chi connectivity index (χ2n) is 7.58. The van der Waals surface area contributed by atoms with Crippen LogP contribution in [-0.4, -0.2) is 42.6 Å². The molecule has 0 saturated heterocycles. The highest BCUT2D eigenvalue weighted by Gasteiger charge is 2.27. The molecule has 0 aromatic heterocycles. The zero-order valence-electron chi connectivity index (χ0n) is 18.4. The highest BCUT2D eigenvalue weighted by molar-refractivity contribution is 5.77. The third-order valence-electron chi connectivity index (χ3n) is 4.80. The monoisotopic (exact) mass is 404 g/mol. The molecule has 1 atom stereocenters. The van der Waals surface area contributed by atoms with Crippen molar-refractivity contribution in [3.8, 4) is 5.75 Å². The molecule has 0 spiro atoms. The predicted octanol–water partition coefficient (Wildman–Crippen LogP) is 4.16. The number of benzene rings is 1. The molecule has 0 fully saturated rings. The van der Waals surface area contributed by atoms with Crippen molar-refractivity contribution in [2.24, 2.45) is 5.92 Å². The Labute approximate surface area is 174 Å². The number of ether oxygens (including phenoxy) is 1. The van der Waals surface area contributed by atoms with Crippen molar-refractivity contribution < 1.29 is 19.4 Å². The molecule has 1 amide bonds. The maximum absolute atomic E-state index is 12.1. The van der Waals surface area contributed by atoms with E-state index in [2.05, 4.69) is 31.3 Å². The molecule has 0 aliphatic rings. The van der Waals surface area contributed by atoms with Crippen LogP contribution in [0.2, 0.25) is 0 Å². The van der Waals surface area contributed by atoms with Gasteiger partial charge < -0.3 is 15.2 Å². The van der Waals surface area contributed by atoms with Gasteiger partial charge in [0.25, 0.3) is 0 Å². The standard InChI is InChI=1S/C23H36N2O4/c1-6-25(4)22(23(27)28)19-14-13-18(15-20(19)29-5)16-24-21(26)12-10-8-7-9-11-17(2)3/h9,11,13-15,17,22H,6-8,10,12,16H2,1-5H3,(H,24,26)(H,27,28). The fourth-order valence-electron chi connectivity index (χ4n) is 3.04. The van der Waals surface area contributed by atoms with E-state index in [4.69, 9.17) is 4.74 Å². The number of aliphatic carboxylic acids is 1. The fraction of sp³-hybridized carbons (Fsp3) is 0.565. The molecule has 162 valence electrons. The number of allylic oxidation sites excluding steroid dienone is 2. The lowest BCUT2D eigenvalue weighted by Crippen LogP contribution is -2.31. The number of rotatable bonds is 13. The number of carboxylic acid groups (broad SMARTS) is 1. The summed E-state index contributed by atoms with van der Waals surface area (Å²) < 4.78 is 5.43. The van der Waals surface area contributed by atoms with Gasteiger partial charge in [0.2, 0.25) is 5.91 Å². The number of hydrogen-bond donors (Lipinski definition) is 2. The summed E-state index contributed by atoms with van der Waals surface area (Å²) in [6.45, 7) is 7.20. The maximum atomic E-state index is 12.1. The molecule has 2 N–H and O–H groups in total. The van der Waals surface area contributed by atoms with Crippen molar-refractivity contribution in [3.63, 3.8) is 0 Å². The Morgan fingerprint density at radius 1 is 1.28 bits per heavy atom. The van der Waals surface area contributed by atoms with E-state index in [1.165, 1.54) is 7.11 Å². The minimum Gasteiger partial charge on any atom is -0.496 e. The lowest BCUT2D eigenvalue weighted by atomic mass is 10.0. The highest BCUT2D eigenvalue weighted by Crippen LogP contribution is 2.30. The van der Waals surface area contributed by atoms with Gasteiger partial charge >= 0.3 is 5.97 Å². The summed E-state index contributed by atoms with van der Waals surface area (Å²) in [7, 11) is 3.30.